The molecule has 2 amide bonds. The van der Waals surface area contributed by atoms with Crippen LogP contribution < -0.4 is 14.8 Å². The lowest BCUT2D eigenvalue weighted by atomic mass is 9.78. The topological polar surface area (TPSA) is 111 Å². The number of rotatable bonds is 2. The smallest absolute Gasteiger partial charge is 0.317 e. The molecule has 0 aromatic heterocycles. The number of benzene rings is 2. The molecule has 1 fully saturated rings. The predicted molar refractivity (Wildman–Crippen MR) is 148 cm³/mol. The van der Waals surface area contributed by atoms with Crippen LogP contribution in [0.4, 0.5) is 4.79 Å². The second-order valence-corrected chi connectivity index (χ2v) is 12.9. The highest BCUT2D eigenvalue weighted by Crippen LogP contribution is 2.37. The fraction of sp³-hybridized carbons (Fsp3) is 0.519. The summed E-state index contributed by atoms with van der Waals surface area (Å²) in [6.45, 7) is 6.12. The first-order valence-corrected chi connectivity index (χ1v) is 14.8. The van der Waals surface area contributed by atoms with Crippen molar-refractivity contribution in [3.8, 4) is 16.9 Å². The molecule has 1 atom stereocenters. The molecule has 208 valence electrons. The van der Waals surface area contributed by atoms with E-state index < -0.39 is 16.1 Å². The number of carbonyl (C=O) groups is 1. The molecular formula is C27H37ClN4O5S. The van der Waals surface area contributed by atoms with Gasteiger partial charge in [0.25, 0.3) is 0 Å². The predicted octanol–water partition coefficient (Wildman–Crippen LogP) is 3.17. The minimum atomic E-state index is -3.94. The van der Waals surface area contributed by atoms with Gasteiger partial charge in [-0.05, 0) is 69.1 Å². The van der Waals surface area contributed by atoms with Gasteiger partial charge in [0, 0.05) is 49.2 Å². The Bertz CT molecular complexity index is 1230. The number of likely N-dealkylation sites (N-methyl/N-ethyl adjacent to an activating group) is 1. The molecule has 2 aliphatic heterocycles. The lowest BCUT2D eigenvalue weighted by molar-refractivity contribution is 0.0241. The first kappa shape index (κ1) is 28.6. The van der Waals surface area contributed by atoms with Crippen molar-refractivity contribution in [2.24, 2.45) is 5.41 Å². The molecule has 9 nitrogen and oxygen atoms in total. The zero-order valence-corrected chi connectivity index (χ0v) is 23.7. The number of nitrogens with zero attached hydrogens (tertiary/aromatic N) is 2. The van der Waals surface area contributed by atoms with Crippen LogP contribution in [0, 0.1) is 5.41 Å². The summed E-state index contributed by atoms with van der Waals surface area (Å²) in [5.41, 5.74) is 1.35. The second kappa shape index (κ2) is 11.8. The van der Waals surface area contributed by atoms with E-state index in [1.54, 1.807) is 24.3 Å². The molecule has 1 unspecified atom stereocenters. The molecule has 0 saturated carbocycles. The zero-order chi connectivity index (χ0) is 27.5. The van der Waals surface area contributed by atoms with Crippen molar-refractivity contribution in [1.29, 1.82) is 0 Å². The normalized spacial score (nSPS) is 22.2. The lowest BCUT2D eigenvalue weighted by Gasteiger charge is -2.44. The summed E-state index contributed by atoms with van der Waals surface area (Å²) in [4.78, 5) is 16.4. The average molecular weight is 565 g/mol. The maximum atomic E-state index is 13.2. The number of hydrogen-bond donors (Lipinski definition) is 3. The molecular weight excluding hydrogens is 528 g/mol. The number of β-amino-alcohol motifs (C(OH)–C–C–N with tert-alkyl or cyclic N) is 1. The van der Waals surface area contributed by atoms with E-state index in [4.69, 9.17) is 16.3 Å². The van der Waals surface area contributed by atoms with Crippen LogP contribution in [-0.4, -0.2) is 87.9 Å². The summed E-state index contributed by atoms with van der Waals surface area (Å²) in [6.07, 6.45) is 0.507. The fourth-order valence-electron chi connectivity index (χ4n) is 5.11. The van der Waals surface area contributed by atoms with Crippen molar-refractivity contribution in [2.75, 3.05) is 46.4 Å². The summed E-state index contributed by atoms with van der Waals surface area (Å²) in [5.74, 6) is 0.252. The van der Waals surface area contributed by atoms with Crippen LogP contribution in [0.25, 0.3) is 11.1 Å². The Hall–Kier alpha value is -2.37. The molecule has 3 N–H and O–H groups in total. The Morgan fingerprint density at radius 2 is 1.82 bits per heavy atom. The van der Waals surface area contributed by atoms with E-state index in [1.165, 1.54) is 6.07 Å². The van der Waals surface area contributed by atoms with Gasteiger partial charge in [-0.15, -0.1) is 0 Å². The van der Waals surface area contributed by atoms with Gasteiger partial charge in [-0.3, -0.25) is 0 Å². The highest BCUT2D eigenvalue weighted by atomic mass is 35.5. The summed E-state index contributed by atoms with van der Waals surface area (Å²) >= 11 is 6.05. The Labute approximate surface area is 230 Å². The fourth-order valence-corrected chi connectivity index (χ4v) is 6.43. The quantitative estimate of drug-likeness (QED) is 0.517. The van der Waals surface area contributed by atoms with Gasteiger partial charge in [0.05, 0.1) is 12.7 Å². The molecule has 1 spiro atoms. The number of sulfonamides is 1. The van der Waals surface area contributed by atoms with Crippen molar-refractivity contribution in [2.45, 2.75) is 43.7 Å². The third-order valence-corrected chi connectivity index (χ3v) is 8.82. The first-order chi connectivity index (χ1) is 18.0. The molecule has 4 rings (SSSR count). The number of likely N-dealkylation sites (tertiary alicyclic amines) is 1. The number of halogens is 1. The number of carbonyl (C=O) groups excluding carboxylic acids is 1. The van der Waals surface area contributed by atoms with Gasteiger partial charge in [-0.1, -0.05) is 29.8 Å². The van der Waals surface area contributed by atoms with Crippen LogP contribution in [0.3, 0.4) is 0 Å². The second-order valence-electron chi connectivity index (χ2n) is 10.8. The number of piperidine rings is 1. The highest BCUT2D eigenvalue weighted by Gasteiger charge is 2.39. The minimum Gasteiger partial charge on any atom is -0.492 e. The third-order valence-electron chi connectivity index (χ3n) is 7.10. The van der Waals surface area contributed by atoms with Crippen molar-refractivity contribution in [3.05, 3.63) is 47.5 Å². The zero-order valence-electron chi connectivity index (χ0n) is 22.1. The standard InChI is InChI=1S/C27H37ClN4O5S/c1-19(2)30-26(34)32-12-10-27(11-13-32)17-31(3)16-23(33)15-29-38(35,36)25-9-6-21(14-24(25)37-18-27)20-4-7-22(28)8-5-20/h4-9,14,19,23,29,33H,10-13,15-18H2,1-3H3,(H,30,34). The molecule has 2 heterocycles. The molecule has 1 saturated heterocycles. The number of hydrogen-bond acceptors (Lipinski definition) is 6. The molecule has 11 heteroatoms. The maximum absolute atomic E-state index is 13.2. The Balaban J connectivity index is 1.66. The number of aliphatic hydroxyl groups excluding tert-OH is 1. The van der Waals surface area contributed by atoms with Gasteiger partial charge in [-0.25, -0.2) is 17.9 Å². The number of ether oxygens (including phenoxy) is 1. The number of amides is 2. The van der Waals surface area contributed by atoms with E-state index in [0.29, 0.717) is 44.0 Å². The van der Waals surface area contributed by atoms with Crippen molar-refractivity contribution in [1.82, 2.24) is 19.8 Å². The van der Waals surface area contributed by atoms with Crippen molar-refractivity contribution >= 4 is 27.7 Å². The van der Waals surface area contributed by atoms with Crippen LogP contribution in [0.5, 0.6) is 5.75 Å². The van der Waals surface area contributed by atoms with Gasteiger partial charge in [0.15, 0.2) is 0 Å². The van der Waals surface area contributed by atoms with Crippen molar-refractivity contribution < 1.29 is 23.1 Å². The molecule has 38 heavy (non-hydrogen) atoms. The van der Waals surface area contributed by atoms with Gasteiger partial charge < -0.3 is 25.0 Å². The van der Waals surface area contributed by atoms with Crippen molar-refractivity contribution in [3.63, 3.8) is 0 Å². The van der Waals surface area contributed by atoms with Gasteiger partial charge in [0.2, 0.25) is 10.0 Å². The minimum absolute atomic E-state index is 0.0280. The summed E-state index contributed by atoms with van der Waals surface area (Å²) < 4.78 is 35.3. The highest BCUT2D eigenvalue weighted by molar-refractivity contribution is 7.89. The molecule has 2 aliphatic rings. The average Bonchev–Trinajstić information content (AvgIpc) is 2.86. The van der Waals surface area contributed by atoms with E-state index >= 15 is 0 Å². The number of urea groups is 1. The van der Waals surface area contributed by atoms with E-state index in [2.05, 4.69) is 10.0 Å². The van der Waals surface area contributed by atoms with Crippen LogP contribution in [0.15, 0.2) is 47.4 Å². The summed E-state index contributed by atoms with van der Waals surface area (Å²) in [5, 5.41) is 14.1. The largest absolute Gasteiger partial charge is 0.492 e. The van der Waals surface area contributed by atoms with Crippen LogP contribution in [0.1, 0.15) is 26.7 Å². The molecule has 0 bridgehead atoms. The number of fused-ring (bicyclic) bond motifs is 1. The van der Waals surface area contributed by atoms with E-state index in [9.17, 15) is 18.3 Å². The molecule has 0 aliphatic carbocycles. The molecule has 2 aromatic carbocycles. The SMILES string of the molecule is CC(C)NC(=O)N1CCC2(CC1)COc1cc(-c3ccc(Cl)cc3)ccc1S(=O)(=O)NCC(O)CN(C)C2. The van der Waals surface area contributed by atoms with E-state index in [1.807, 2.05) is 42.8 Å². The van der Waals surface area contributed by atoms with E-state index in [0.717, 1.165) is 11.1 Å². The van der Waals surface area contributed by atoms with Gasteiger partial charge in [-0.2, -0.15) is 0 Å². The number of nitrogens with one attached hydrogen (secondary N) is 2. The first-order valence-electron chi connectivity index (χ1n) is 12.9. The van der Waals surface area contributed by atoms with Gasteiger partial charge in [0.1, 0.15) is 10.6 Å². The Morgan fingerprint density at radius 3 is 2.47 bits per heavy atom. The Morgan fingerprint density at radius 1 is 1.16 bits per heavy atom. The molecule has 2 aromatic rings. The van der Waals surface area contributed by atoms with Crippen LogP contribution in [-0.2, 0) is 10.0 Å². The van der Waals surface area contributed by atoms with Crippen LogP contribution >= 0.6 is 11.6 Å². The number of aliphatic hydroxyl groups is 1. The maximum Gasteiger partial charge on any atom is 0.317 e. The van der Waals surface area contributed by atoms with Gasteiger partial charge >= 0.3 is 6.03 Å². The summed E-state index contributed by atoms with van der Waals surface area (Å²) in [7, 11) is -2.02. The van der Waals surface area contributed by atoms with E-state index in [-0.39, 0.29) is 41.3 Å². The monoisotopic (exact) mass is 564 g/mol. The third kappa shape index (κ3) is 6.98. The lowest BCUT2D eigenvalue weighted by Crippen LogP contribution is -2.53. The van der Waals surface area contributed by atoms with Crippen LogP contribution in [0.2, 0.25) is 5.02 Å². The Kier molecular flexibility index (Phi) is 8.89. The molecule has 0 radical (unpaired) electrons. The summed E-state index contributed by atoms with van der Waals surface area (Å²) in [6, 6.07) is 12.3.